The van der Waals surface area contributed by atoms with Crippen LogP contribution < -0.4 is 10.1 Å². The molecule has 1 aliphatic heterocycles. The maximum absolute atomic E-state index is 9.52. The number of aliphatic hydroxyl groups excluding tert-OH is 1. The van der Waals surface area contributed by atoms with Crippen LogP contribution in [-0.2, 0) is 6.54 Å². The van der Waals surface area contributed by atoms with Crippen molar-refractivity contribution >= 4 is 11.8 Å². The first kappa shape index (κ1) is 15.6. The molecule has 2 rings (SSSR count). The quantitative estimate of drug-likeness (QED) is 0.791. The van der Waals surface area contributed by atoms with E-state index in [1.54, 1.807) is 7.11 Å². The van der Waals surface area contributed by atoms with Crippen molar-refractivity contribution in [3.63, 3.8) is 0 Å². The van der Waals surface area contributed by atoms with Crippen LogP contribution in [0.2, 0.25) is 0 Å². The van der Waals surface area contributed by atoms with Crippen LogP contribution in [0.25, 0.3) is 0 Å². The second-order valence-electron chi connectivity index (χ2n) is 5.02. The summed E-state index contributed by atoms with van der Waals surface area (Å²) < 4.78 is 5.22. The highest BCUT2D eigenvalue weighted by atomic mass is 32.2. The monoisotopic (exact) mass is 296 g/mol. The maximum Gasteiger partial charge on any atom is 0.119 e. The molecule has 1 heterocycles. The number of methoxy groups -OCH3 is 1. The van der Waals surface area contributed by atoms with Gasteiger partial charge in [-0.15, -0.1) is 0 Å². The Morgan fingerprint density at radius 3 is 2.90 bits per heavy atom. The number of hydrogen-bond donors (Lipinski definition) is 2. The van der Waals surface area contributed by atoms with Crippen molar-refractivity contribution in [3.8, 4) is 5.75 Å². The molecule has 1 atom stereocenters. The van der Waals surface area contributed by atoms with Gasteiger partial charge in [-0.3, -0.25) is 0 Å². The van der Waals surface area contributed by atoms with Gasteiger partial charge in [0.15, 0.2) is 0 Å². The zero-order valence-electron chi connectivity index (χ0n) is 12.0. The highest BCUT2D eigenvalue weighted by molar-refractivity contribution is 7.99. The number of hydrogen-bond acceptors (Lipinski definition) is 5. The summed E-state index contributed by atoms with van der Waals surface area (Å²) in [7, 11) is 1.68. The number of aliphatic hydroxyl groups is 1. The normalized spacial score (nSPS) is 17.9. The van der Waals surface area contributed by atoms with E-state index >= 15 is 0 Å². The topological polar surface area (TPSA) is 44.7 Å². The first-order valence-corrected chi connectivity index (χ1v) is 8.24. The molecule has 5 heteroatoms. The predicted molar refractivity (Wildman–Crippen MR) is 84.5 cm³/mol. The molecule has 1 aromatic rings. The lowest BCUT2D eigenvalue weighted by Gasteiger charge is -2.30. The van der Waals surface area contributed by atoms with E-state index in [-0.39, 0.29) is 12.6 Å². The van der Waals surface area contributed by atoms with Gasteiger partial charge in [0.2, 0.25) is 0 Å². The first-order chi connectivity index (χ1) is 9.81. The van der Waals surface area contributed by atoms with Gasteiger partial charge < -0.3 is 20.1 Å². The third-order valence-electron chi connectivity index (χ3n) is 3.53. The molecule has 0 amide bonds. The van der Waals surface area contributed by atoms with Gasteiger partial charge in [-0.2, -0.15) is 11.8 Å². The number of nitrogens with one attached hydrogen (secondary N) is 1. The van der Waals surface area contributed by atoms with Crippen molar-refractivity contribution in [3.05, 3.63) is 29.8 Å². The van der Waals surface area contributed by atoms with Gasteiger partial charge in [-0.25, -0.2) is 0 Å². The van der Waals surface area contributed by atoms with Crippen molar-refractivity contribution in [2.75, 3.05) is 44.9 Å². The maximum atomic E-state index is 9.52. The van der Waals surface area contributed by atoms with E-state index in [0.717, 1.165) is 31.9 Å². The molecular weight excluding hydrogens is 272 g/mol. The molecule has 1 aliphatic rings. The molecule has 0 bridgehead atoms. The number of rotatable bonds is 7. The van der Waals surface area contributed by atoms with Crippen LogP contribution >= 0.6 is 11.8 Å². The number of thioether (sulfide) groups is 1. The summed E-state index contributed by atoms with van der Waals surface area (Å²) in [5, 5.41) is 12.9. The molecule has 2 N–H and O–H groups in total. The second-order valence-corrected chi connectivity index (χ2v) is 6.25. The Bertz CT molecular complexity index is 397. The second kappa shape index (κ2) is 8.52. The van der Waals surface area contributed by atoms with Crippen molar-refractivity contribution < 1.29 is 9.84 Å². The Hall–Kier alpha value is -0.750. The third-order valence-corrected chi connectivity index (χ3v) is 4.47. The molecule has 0 spiro atoms. The molecule has 1 saturated heterocycles. The molecule has 1 fully saturated rings. The van der Waals surface area contributed by atoms with E-state index in [1.165, 1.54) is 17.1 Å². The Kier molecular flexibility index (Phi) is 6.66. The average molecular weight is 296 g/mol. The number of ether oxygens (including phenoxy) is 1. The standard InChI is InChI=1S/C15H24N2O2S/c1-19-15-4-2-3-13(9-15)10-16-14(12-18)11-17-5-7-20-8-6-17/h2-4,9,14,16,18H,5-8,10-12H2,1H3/t14-/m1/s1. The summed E-state index contributed by atoms with van der Waals surface area (Å²) in [6.45, 7) is 4.10. The number of nitrogens with zero attached hydrogens (tertiary/aromatic N) is 1. The smallest absolute Gasteiger partial charge is 0.119 e. The minimum Gasteiger partial charge on any atom is -0.497 e. The van der Waals surface area contributed by atoms with Gasteiger partial charge in [-0.05, 0) is 17.7 Å². The summed E-state index contributed by atoms with van der Waals surface area (Å²) in [6.07, 6.45) is 0. The van der Waals surface area contributed by atoms with E-state index < -0.39 is 0 Å². The van der Waals surface area contributed by atoms with Crippen LogP contribution in [-0.4, -0.2) is 60.9 Å². The molecule has 0 aliphatic carbocycles. The molecule has 0 saturated carbocycles. The Balaban J connectivity index is 1.80. The number of benzene rings is 1. The highest BCUT2D eigenvalue weighted by Crippen LogP contribution is 2.13. The predicted octanol–water partition coefficient (Wildman–Crippen LogP) is 1.19. The van der Waals surface area contributed by atoms with Crippen LogP contribution in [0.1, 0.15) is 5.56 Å². The zero-order chi connectivity index (χ0) is 14.2. The van der Waals surface area contributed by atoms with Crippen LogP contribution in [0.3, 0.4) is 0 Å². The fraction of sp³-hybridized carbons (Fsp3) is 0.600. The van der Waals surface area contributed by atoms with Crippen molar-refractivity contribution in [1.29, 1.82) is 0 Å². The Labute approximate surface area is 125 Å². The fourth-order valence-electron chi connectivity index (χ4n) is 2.33. The van der Waals surface area contributed by atoms with Crippen molar-refractivity contribution in [2.24, 2.45) is 0 Å². The minimum atomic E-state index is 0.129. The van der Waals surface area contributed by atoms with Crippen LogP contribution in [0.15, 0.2) is 24.3 Å². The molecular formula is C15H24N2O2S. The van der Waals surface area contributed by atoms with Gasteiger partial charge in [0, 0.05) is 43.7 Å². The van der Waals surface area contributed by atoms with Crippen molar-refractivity contribution in [2.45, 2.75) is 12.6 Å². The summed E-state index contributed by atoms with van der Waals surface area (Å²) in [5.41, 5.74) is 1.18. The highest BCUT2D eigenvalue weighted by Gasteiger charge is 2.15. The first-order valence-electron chi connectivity index (χ1n) is 7.09. The molecule has 0 unspecified atom stereocenters. The van der Waals surface area contributed by atoms with E-state index in [4.69, 9.17) is 4.74 Å². The van der Waals surface area contributed by atoms with Crippen LogP contribution in [0.5, 0.6) is 5.75 Å². The third kappa shape index (κ3) is 4.98. The molecule has 20 heavy (non-hydrogen) atoms. The molecule has 0 aromatic heterocycles. The van der Waals surface area contributed by atoms with Crippen LogP contribution in [0, 0.1) is 0 Å². The largest absolute Gasteiger partial charge is 0.497 e. The van der Waals surface area contributed by atoms with Gasteiger partial charge in [0.05, 0.1) is 13.7 Å². The molecule has 1 aromatic carbocycles. The summed E-state index contributed by atoms with van der Waals surface area (Å²) in [5.74, 6) is 3.28. The fourth-order valence-corrected chi connectivity index (χ4v) is 3.31. The van der Waals surface area contributed by atoms with Gasteiger partial charge in [0.25, 0.3) is 0 Å². The minimum absolute atomic E-state index is 0.129. The van der Waals surface area contributed by atoms with Crippen LogP contribution in [0.4, 0.5) is 0 Å². The lowest BCUT2D eigenvalue weighted by molar-refractivity contribution is 0.188. The lowest BCUT2D eigenvalue weighted by atomic mass is 10.2. The summed E-state index contributed by atoms with van der Waals surface area (Å²) in [6, 6.07) is 8.16. The average Bonchev–Trinajstić information content (AvgIpc) is 2.52. The zero-order valence-corrected chi connectivity index (χ0v) is 12.9. The summed E-state index contributed by atoms with van der Waals surface area (Å²) >= 11 is 2.01. The van der Waals surface area contributed by atoms with E-state index in [9.17, 15) is 5.11 Å². The Morgan fingerprint density at radius 2 is 2.20 bits per heavy atom. The SMILES string of the molecule is COc1cccc(CN[C@@H](CO)CN2CCSCC2)c1. The van der Waals surface area contributed by atoms with Gasteiger partial charge in [-0.1, -0.05) is 12.1 Å². The van der Waals surface area contributed by atoms with E-state index in [0.29, 0.717) is 0 Å². The molecule has 4 nitrogen and oxygen atoms in total. The molecule has 0 radical (unpaired) electrons. The van der Waals surface area contributed by atoms with Crippen molar-refractivity contribution in [1.82, 2.24) is 10.2 Å². The molecule has 112 valence electrons. The van der Waals surface area contributed by atoms with Gasteiger partial charge in [0.1, 0.15) is 5.75 Å². The Morgan fingerprint density at radius 1 is 1.40 bits per heavy atom. The lowest BCUT2D eigenvalue weighted by Crippen LogP contribution is -2.45. The summed E-state index contributed by atoms with van der Waals surface area (Å²) in [4.78, 5) is 2.43. The van der Waals surface area contributed by atoms with E-state index in [2.05, 4.69) is 16.3 Å². The van der Waals surface area contributed by atoms with E-state index in [1.807, 2.05) is 30.0 Å². The van der Waals surface area contributed by atoms with Gasteiger partial charge >= 0.3 is 0 Å².